The molecule has 3 aliphatic rings. The lowest BCUT2D eigenvalue weighted by atomic mass is 9.50. The predicted molar refractivity (Wildman–Crippen MR) is 104 cm³/mol. The number of allylic oxidation sites excluding steroid dienone is 1. The highest BCUT2D eigenvalue weighted by Crippen LogP contribution is 2.63. The van der Waals surface area contributed by atoms with E-state index in [1.165, 1.54) is 18.9 Å². The van der Waals surface area contributed by atoms with Crippen LogP contribution in [0.2, 0.25) is 0 Å². The van der Waals surface area contributed by atoms with Crippen LogP contribution in [0.4, 0.5) is 0 Å². The van der Waals surface area contributed by atoms with Gasteiger partial charge in [-0.05, 0) is 74.0 Å². The number of carbonyl (C=O) groups is 2. The minimum Gasteiger partial charge on any atom is -0.462 e. The molecule has 3 heteroatoms. The van der Waals surface area contributed by atoms with Gasteiger partial charge in [0.15, 0.2) is 0 Å². The first kappa shape index (κ1) is 19.6. The summed E-state index contributed by atoms with van der Waals surface area (Å²) in [6.45, 7) is 12.9. The molecule has 2 unspecified atom stereocenters. The number of aldehydes is 1. The number of rotatable bonds is 4. The summed E-state index contributed by atoms with van der Waals surface area (Å²) in [5.74, 6) is 1.82. The van der Waals surface area contributed by atoms with Crippen molar-refractivity contribution in [3.63, 3.8) is 0 Å². The number of carbonyl (C=O) groups excluding carboxylic acids is 2. The standard InChI is InChI=1S/C23H36O3/c1-15-8-11-23(5,21(14-15)26-17(3)25)20-9-12-22(4)16(2)6-7-19(22)18(20)10-13-24/h13,15,18-21H,2,6-12,14H2,1,3-5H3/t15-,18-,19?,20?,21-,22+,23+/m0/s1. The van der Waals surface area contributed by atoms with E-state index in [1.807, 2.05) is 0 Å². The first-order chi connectivity index (χ1) is 12.2. The summed E-state index contributed by atoms with van der Waals surface area (Å²) in [6.07, 6.45) is 9.52. The molecular weight excluding hydrogens is 324 g/mol. The lowest BCUT2D eigenvalue weighted by molar-refractivity contribution is -0.169. The van der Waals surface area contributed by atoms with Crippen LogP contribution in [0.1, 0.15) is 79.1 Å². The monoisotopic (exact) mass is 360 g/mol. The van der Waals surface area contributed by atoms with Gasteiger partial charge in [0.25, 0.3) is 0 Å². The van der Waals surface area contributed by atoms with Gasteiger partial charge in [0.1, 0.15) is 12.4 Å². The Labute approximate surface area is 158 Å². The highest BCUT2D eigenvalue weighted by Gasteiger charge is 2.57. The van der Waals surface area contributed by atoms with Gasteiger partial charge in [-0.1, -0.05) is 32.9 Å². The van der Waals surface area contributed by atoms with Crippen LogP contribution in [0.5, 0.6) is 0 Å². The van der Waals surface area contributed by atoms with E-state index < -0.39 is 0 Å². The zero-order chi connectivity index (χ0) is 19.1. The van der Waals surface area contributed by atoms with Crippen LogP contribution in [-0.2, 0) is 14.3 Å². The fourth-order valence-corrected chi connectivity index (χ4v) is 6.73. The van der Waals surface area contributed by atoms with Crippen LogP contribution in [-0.4, -0.2) is 18.4 Å². The van der Waals surface area contributed by atoms with Crippen LogP contribution in [0.3, 0.4) is 0 Å². The summed E-state index contributed by atoms with van der Waals surface area (Å²) in [4.78, 5) is 23.4. The topological polar surface area (TPSA) is 43.4 Å². The first-order valence-electron chi connectivity index (χ1n) is 10.5. The molecule has 146 valence electrons. The van der Waals surface area contributed by atoms with Crippen molar-refractivity contribution in [3.8, 4) is 0 Å². The van der Waals surface area contributed by atoms with Gasteiger partial charge in [-0.2, -0.15) is 0 Å². The molecule has 0 aromatic heterocycles. The summed E-state index contributed by atoms with van der Waals surface area (Å²) in [5.41, 5.74) is 1.56. The summed E-state index contributed by atoms with van der Waals surface area (Å²) in [7, 11) is 0. The zero-order valence-electron chi connectivity index (χ0n) is 17.1. The summed E-state index contributed by atoms with van der Waals surface area (Å²) in [6, 6.07) is 0. The Bertz CT molecular complexity index is 582. The molecule has 3 saturated carbocycles. The Hall–Kier alpha value is -1.12. The third kappa shape index (κ3) is 3.16. The fraction of sp³-hybridized carbons (Fsp3) is 0.826. The molecule has 7 atom stereocenters. The molecule has 0 amide bonds. The SMILES string of the molecule is C=C1CCC2[C@H](CC=O)C([C@@]3(C)CC[C@H](C)C[C@@H]3OC(C)=O)CC[C@]12C. The number of esters is 1. The van der Waals surface area contributed by atoms with Gasteiger partial charge in [0, 0.05) is 18.8 Å². The molecule has 0 spiro atoms. The second-order valence-electron chi connectivity index (χ2n) is 9.86. The molecule has 3 rings (SSSR count). The van der Waals surface area contributed by atoms with Gasteiger partial charge >= 0.3 is 5.97 Å². The van der Waals surface area contributed by atoms with Crippen LogP contribution in [0.15, 0.2) is 12.2 Å². The van der Waals surface area contributed by atoms with Crippen molar-refractivity contribution >= 4 is 12.3 Å². The molecule has 0 radical (unpaired) electrons. The van der Waals surface area contributed by atoms with Crippen molar-refractivity contribution in [1.82, 2.24) is 0 Å². The van der Waals surface area contributed by atoms with Gasteiger partial charge in [0.05, 0.1) is 0 Å². The maximum Gasteiger partial charge on any atom is 0.302 e. The van der Waals surface area contributed by atoms with Crippen LogP contribution >= 0.6 is 0 Å². The maximum atomic E-state index is 11.8. The Balaban J connectivity index is 1.93. The van der Waals surface area contributed by atoms with E-state index in [-0.39, 0.29) is 22.9 Å². The lowest BCUT2D eigenvalue weighted by Crippen LogP contribution is -2.52. The molecule has 3 fully saturated rings. The van der Waals surface area contributed by atoms with Crippen molar-refractivity contribution in [2.75, 3.05) is 0 Å². The van der Waals surface area contributed by atoms with Crippen molar-refractivity contribution in [1.29, 1.82) is 0 Å². The third-order valence-electron chi connectivity index (χ3n) is 8.44. The normalized spacial score (nSPS) is 45.8. The van der Waals surface area contributed by atoms with Crippen molar-refractivity contribution < 1.29 is 14.3 Å². The van der Waals surface area contributed by atoms with Gasteiger partial charge in [-0.25, -0.2) is 0 Å². The van der Waals surface area contributed by atoms with Gasteiger partial charge in [-0.15, -0.1) is 0 Å². The van der Waals surface area contributed by atoms with Gasteiger partial charge in [0.2, 0.25) is 0 Å². The Kier molecular flexibility index (Phi) is 5.38. The van der Waals surface area contributed by atoms with E-state index in [2.05, 4.69) is 27.4 Å². The van der Waals surface area contributed by atoms with Crippen LogP contribution in [0, 0.1) is 34.5 Å². The quantitative estimate of drug-likeness (QED) is 0.386. The highest BCUT2D eigenvalue weighted by molar-refractivity contribution is 5.66. The number of fused-ring (bicyclic) bond motifs is 1. The van der Waals surface area contributed by atoms with E-state index in [0.717, 1.165) is 44.8 Å². The molecular formula is C23H36O3. The van der Waals surface area contributed by atoms with Crippen molar-refractivity contribution in [2.45, 2.75) is 85.2 Å². The molecule has 26 heavy (non-hydrogen) atoms. The average molecular weight is 361 g/mol. The second-order valence-corrected chi connectivity index (χ2v) is 9.86. The lowest BCUT2D eigenvalue weighted by Gasteiger charge is -2.56. The fourth-order valence-electron chi connectivity index (χ4n) is 6.73. The number of hydrogen-bond donors (Lipinski definition) is 0. The molecule has 0 N–H and O–H groups in total. The molecule has 0 saturated heterocycles. The van der Waals surface area contributed by atoms with Crippen molar-refractivity contribution in [3.05, 3.63) is 12.2 Å². The summed E-state index contributed by atoms with van der Waals surface area (Å²) < 4.78 is 5.87. The van der Waals surface area contributed by atoms with Crippen LogP contribution in [0.25, 0.3) is 0 Å². The second kappa shape index (κ2) is 7.13. The van der Waals surface area contributed by atoms with E-state index >= 15 is 0 Å². The van der Waals surface area contributed by atoms with Gasteiger partial charge in [-0.3, -0.25) is 4.79 Å². The summed E-state index contributed by atoms with van der Waals surface area (Å²) >= 11 is 0. The molecule has 0 heterocycles. The molecule has 0 aromatic rings. The molecule has 0 bridgehead atoms. The number of hydrogen-bond acceptors (Lipinski definition) is 3. The molecule has 0 aliphatic heterocycles. The van der Waals surface area contributed by atoms with E-state index in [0.29, 0.717) is 30.1 Å². The van der Waals surface area contributed by atoms with E-state index in [9.17, 15) is 9.59 Å². The largest absolute Gasteiger partial charge is 0.462 e. The van der Waals surface area contributed by atoms with E-state index in [4.69, 9.17) is 4.74 Å². The minimum absolute atomic E-state index is 0.0168. The number of ether oxygens (including phenoxy) is 1. The molecule has 3 aliphatic carbocycles. The van der Waals surface area contributed by atoms with E-state index in [1.54, 1.807) is 0 Å². The predicted octanol–water partition coefficient (Wildman–Crippen LogP) is 5.33. The minimum atomic E-state index is -0.169. The van der Waals surface area contributed by atoms with Crippen molar-refractivity contribution in [2.24, 2.45) is 34.5 Å². The van der Waals surface area contributed by atoms with Crippen LogP contribution < -0.4 is 0 Å². The molecule has 0 aromatic carbocycles. The summed E-state index contributed by atoms with van der Waals surface area (Å²) in [5, 5.41) is 0. The average Bonchev–Trinajstić information content (AvgIpc) is 2.87. The Morgan fingerprint density at radius 2 is 1.96 bits per heavy atom. The third-order valence-corrected chi connectivity index (χ3v) is 8.44. The Morgan fingerprint density at radius 1 is 1.23 bits per heavy atom. The molecule has 3 nitrogen and oxygen atoms in total. The maximum absolute atomic E-state index is 11.8. The smallest absolute Gasteiger partial charge is 0.302 e. The Morgan fingerprint density at radius 3 is 2.62 bits per heavy atom. The van der Waals surface area contributed by atoms with Gasteiger partial charge < -0.3 is 9.53 Å². The highest BCUT2D eigenvalue weighted by atomic mass is 16.5. The zero-order valence-corrected chi connectivity index (χ0v) is 17.1. The first-order valence-corrected chi connectivity index (χ1v) is 10.5.